The van der Waals surface area contributed by atoms with E-state index in [1.807, 2.05) is 12.1 Å². The molecular weight excluding hydrogens is 288 g/mol. The number of amides is 1. The van der Waals surface area contributed by atoms with Crippen molar-refractivity contribution in [1.29, 1.82) is 0 Å². The van der Waals surface area contributed by atoms with Crippen LogP contribution in [0.25, 0.3) is 0 Å². The van der Waals surface area contributed by atoms with E-state index < -0.39 is 0 Å². The lowest BCUT2D eigenvalue weighted by Gasteiger charge is -2.17. The van der Waals surface area contributed by atoms with E-state index in [-0.39, 0.29) is 11.7 Å². The van der Waals surface area contributed by atoms with Gasteiger partial charge in [-0.15, -0.1) is 0 Å². The van der Waals surface area contributed by atoms with Crippen LogP contribution in [0.2, 0.25) is 5.15 Å². The minimum absolute atomic E-state index is 0.0310. The average molecular weight is 301 g/mol. The summed E-state index contributed by atoms with van der Waals surface area (Å²) in [6, 6.07) is 8.67. The third-order valence-corrected chi connectivity index (χ3v) is 3.81. The zero-order valence-corrected chi connectivity index (χ0v) is 12.2. The number of fused-ring (bicyclic) bond motifs is 1. The van der Waals surface area contributed by atoms with Crippen LogP contribution in [0.1, 0.15) is 33.2 Å². The zero-order valence-electron chi connectivity index (χ0n) is 11.5. The maximum atomic E-state index is 12.6. The largest absolute Gasteiger partial charge is 0.308 e. The summed E-state index contributed by atoms with van der Waals surface area (Å²) in [6.45, 7) is 2.15. The number of carbonyl (C=O) groups is 2. The molecule has 106 valence electrons. The molecule has 0 bridgehead atoms. The molecule has 3 rings (SSSR count). The van der Waals surface area contributed by atoms with Gasteiger partial charge in [-0.3, -0.25) is 9.59 Å². The highest BCUT2D eigenvalue weighted by Crippen LogP contribution is 2.30. The Morgan fingerprint density at radius 3 is 2.71 bits per heavy atom. The molecule has 1 aliphatic heterocycles. The average Bonchev–Trinajstić information content (AvgIpc) is 2.89. The van der Waals surface area contributed by atoms with Crippen LogP contribution in [0.3, 0.4) is 0 Å². The number of Topliss-reactive ketones (excluding diaryl/α,β-unsaturated/α-hetero) is 1. The third kappa shape index (κ3) is 2.54. The van der Waals surface area contributed by atoms with Crippen molar-refractivity contribution in [3.8, 4) is 0 Å². The molecule has 0 atom stereocenters. The van der Waals surface area contributed by atoms with Crippen molar-refractivity contribution in [2.24, 2.45) is 0 Å². The first-order valence-electron chi connectivity index (χ1n) is 6.63. The van der Waals surface area contributed by atoms with Gasteiger partial charge in [0.1, 0.15) is 5.15 Å². The van der Waals surface area contributed by atoms with Crippen LogP contribution in [-0.4, -0.2) is 23.2 Å². The van der Waals surface area contributed by atoms with Crippen LogP contribution in [-0.2, 0) is 6.42 Å². The van der Waals surface area contributed by atoms with Crippen molar-refractivity contribution in [1.82, 2.24) is 4.98 Å². The molecule has 1 aromatic heterocycles. The molecule has 0 saturated heterocycles. The fourth-order valence-corrected chi connectivity index (χ4v) is 2.70. The van der Waals surface area contributed by atoms with Crippen molar-refractivity contribution >= 4 is 29.0 Å². The molecule has 1 aliphatic rings. The van der Waals surface area contributed by atoms with Crippen molar-refractivity contribution in [3.05, 3.63) is 58.4 Å². The van der Waals surface area contributed by atoms with E-state index in [0.717, 1.165) is 17.7 Å². The van der Waals surface area contributed by atoms with Crippen molar-refractivity contribution in [2.75, 3.05) is 11.4 Å². The van der Waals surface area contributed by atoms with Gasteiger partial charge in [0.15, 0.2) is 5.78 Å². The number of hydrogen-bond donors (Lipinski definition) is 0. The normalized spacial score (nSPS) is 13.1. The summed E-state index contributed by atoms with van der Waals surface area (Å²) in [4.78, 5) is 29.6. The van der Waals surface area contributed by atoms with Gasteiger partial charge in [-0.05, 0) is 49.2 Å². The molecule has 2 aromatic rings. The second-order valence-corrected chi connectivity index (χ2v) is 5.36. The predicted molar refractivity (Wildman–Crippen MR) is 81.1 cm³/mol. The Balaban J connectivity index is 1.94. The van der Waals surface area contributed by atoms with Gasteiger partial charge in [0.25, 0.3) is 5.91 Å². The lowest BCUT2D eigenvalue weighted by Crippen LogP contribution is -2.28. The number of hydrogen-bond acceptors (Lipinski definition) is 3. The fourth-order valence-electron chi connectivity index (χ4n) is 2.52. The van der Waals surface area contributed by atoms with Crippen molar-refractivity contribution in [2.45, 2.75) is 13.3 Å². The molecule has 0 aliphatic carbocycles. The Bertz CT molecular complexity index is 743. The Morgan fingerprint density at radius 2 is 2.00 bits per heavy atom. The van der Waals surface area contributed by atoms with Gasteiger partial charge in [0.2, 0.25) is 0 Å². The summed E-state index contributed by atoms with van der Waals surface area (Å²) in [5.41, 5.74) is 3.07. The maximum absolute atomic E-state index is 12.6. The Kier molecular flexibility index (Phi) is 3.47. The molecule has 0 saturated carbocycles. The molecular formula is C16H13ClN2O2. The Morgan fingerprint density at radius 1 is 1.19 bits per heavy atom. The van der Waals surface area contributed by atoms with Gasteiger partial charge in [-0.25, -0.2) is 4.98 Å². The highest BCUT2D eigenvalue weighted by Gasteiger charge is 2.26. The summed E-state index contributed by atoms with van der Waals surface area (Å²) in [5.74, 6) is -0.0721. The molecule has 5 heteroatoms. The van der Waals surface area contributed by atoms with E-state index in [4.69, 9.17) is 11.6 Å². The number of halogens is 1. The van der Waals surface area contributed by atoms with Crippen LogP contribution in [0.15, 0.2) is 36.5 Å². The summed E-state index contributed by atoms with van der Waals surface area (Å²) in [7, 11) is 0. The van der Waals surface area contributed by atoms with E-state index in [9.17, 15) is 9.59 Å². The molecule has 4 nitrogen and oxygen atoms in total. The molecule has 0 N–H and O–H groups in total. The fraction of sp³-hybridized carbons (Fsp3) is 0.188. The minimum atomic E-state index is -0.103. The van der Waals surface area contributed by atoms with Gasteiger partial charge in [-0.2, -0.15) is 0 Å². The molecule has 1 amide bonds. The van der Waals surface area contributed by atoms with Crippen molar-refractivity contribution in [3.63, 3.8) is 0 Å². The number of aromatic nitrogens is 1. The smallest absolute Gasteiger partial charge is 0.258 e. The first-order valence-corrected chi connectivity index (χ1v) is 7.01. The standard InChI is InChI=1S/C16H13ClN2O2/c1-10(20)11-2-3-14-12(8-11)5-7-19(14)16(21)13-4-6-18-15(17)9-13/h2-4,6,8-9H,5,7H2,1H3. The highest BCUT2D eigenvalue weighted by molar-refractivity contribution is 6.29. The second-order valence-electron chi connectivity index (χ2n) is 4.97. The van der Waals surface area contributed by atoms with Gasteiger partial charge in [0, 0.05) is 29.6 Å². The molecule has 21 heavy (non-hydrogen) atoms. The van der Waals surface area contributed by atoms with Gasteiger partial charge < -0.3 is 4.90 Å². The SMILES string of the molecule is CC(=O)c1ccc2c(c1)CCN2C(=O)c1ccnc(Cl)c1. The lowest BCUT2D eigenvalue weighted by atomic mass is 10.1. The van der Waals surface area contributed by atoms with E-state index in [2.05, 4.69) is 4.98 Å². The van der Waals surface area contributed by atoms with Gasteiger partial charge in [0.05, 0.1) is 0 Å². The monoisotopic (exact) mass is 300 g/mol. The Hall–Kier alpha value is -2.20. The third-order valence-electron chi connectivity index (χ3n) is 3.60. The first kappa shape index (κ1) is 13.8. The van der Waals surface area contributed by atoms with E-state index >= 15 is 0 Å². The van der Waals surface area contributed by atoms with E-state index in [0.29, 0.717) is 22.8 Å². The summed E-state index contributed by atoms with van der Waals surface area (Å²) < 4.78 is 0. The number of pyridine rings is 1. The quantitative estimate of drug-likeness (QED) is 0.632. The van der Waals surface area contributed by atoms with E-state index in [1.54, 1.807) is 30.0 Å². The van der Waals surface area contributed by atoms with Gasteiger partial charge in [-0.1, -0.05) is 11.6 Å². The molecule has 2 heterocycles. The van der Waals surface area contributed by atoms with Crippen LogP contribution < -0.4 is 4.90 Å². The first-order chi connectivity index (χ1) is 10.1. The van der Waals surface area contributed by atoms with Crippen LogP contribution in [0.5, 0.6) is 0 Å². The van der Waals surface area contributed by atoms with Crippen LogP contribution in [0, 0.1) is 0 Å². The summed E-state index contributed by atoms with van der Waals surface area (Å²) >= 11 is 5.83. The Labute approximate surface area is 127 Å². The van der Waals surface area contributed by atoms with Crippen LogP contribution in [0.4, 0.5) is 5.69 Å². The summed E-state index contributed by atoms with van der Waals surface area (Å²) in [5, 5.41) is 0.298. The van der Waals surface area contributed by atoms with Crippen molar-refractivity contribution < 1.29 is 9.59 Å². The van der Waals surface area contributed by atoms with Gasteiger partial charge >= 0.3 is 0 Å². The predicted octanol–water partition coefficient (Wildman–Crippen LogP) is 3.14. The number of nitrogens with zero attached hydrogens (tertiary/aromatic N) is 2. The molecule has 0 spiro atoms. The highest BCUT2D eigenvalue weighted by atomic mass is 35.5. The maximum Gasteiger partial charge on any atom is 0.258 e. The van der Waals surface area contributed by atoms with Crippen LogP contribution >= 0.6 is 11.6 Å². The molecule has 0 unspecified atom stereocenters. The number of anilines is 1. The molecule has 0 radical (unpaired) electrons. The zero-order chi connectivity index (χ0) is 15.0. The molecule has 1 aromatic carbocycles. The summed E-state index contributed by atoms with van der Waals surface area (Å²) in [6.07, 6.45) is 2.27. The number of benzene rings is 1. The number of rotatable bonds is 2. The topological polar surface area (TPSA) is 50.3 Å². The second kappa shape index (κ2) is 5.30. The van der Waals surface area contributed by atoms with E-state index in [1.165, 1.54) is 6.20 Å². The number of carbonyl (C=O) groups excluding carboxylic acids is 2. The lowest BCUT2D eigenvalue weighted by molar-refractivity contribution is 0.0987. The number of ketones is 1. The minimum Gasteiger partial charge on any atom is -0.308 e. The molecule has 0 fully saturated rings.